The van der Waals surface area contributed by atoms with Gasteiger partial charge in [0.05, 0.1) is 25.6 Å². The summed E-state index contributed by atoms with van der Waals surface area (Å²) in [6, 6.07) is 7.26. The molecule has 0 atom stereocenters. The average Bonchev–Trinajstić information content (AvgIpc) is 2.39. The van der Waals surface area contributed by atoms with Crippen molar-refractivity contribution in [3.63, 3.8) is 0 Å². The predicted octanol–water partition coefficient (Wildman–Crippen LogP) is 2.80. The van der Waals surface area contributed by atoms with Gasteiger partial charge in [0.2, 0.25) is 0 Å². The van der Waals surface area contributed by atoms with E-state index in [0.717, 1.165) is 22.9 Å². The molecule has 0 bridgehead atoms. The van der Waals surface area contributed by atoms with Gasteiger partial charge in [0.15, 0.2) is 0 Å². The summed E-state index contributed by atoms with van der Waals surface area (Å²) in [5, 5.41) is 0. The van der Waals surface area contributed by atoms with Gasteiger partial charge >= 0.3 is 0 Å². The quantitative estimate of drug-likeness (QED) is 0.816. The fraction of sp³-hybridized carbons (Fsp3) is 0.231. The lowest BCUT2D eigenvalue weighted by Gasteiger charge is -2.04. The van der Waals surface area contributed by atoms with Crippen molar-refractivity contribution in [1.29, 1.82) is 0 Å². The molecule has 0 aliphatic carbocycles. The topological polar surface area (TPSA) is 44.2 Å². The largest absolute Gasteiger partial charge is 0.497 e. The number of hydrogen-bond donors (Lipinski definition) is 0. The van der Waals surface area contributed by atoms with E-state index in [1.54, 1.807) is 38.7 Å². The van der Waals surface area contributed by atoms with E-state index in [4.69, 9.17) is 9.47 Å². The summed E-state index contributed by atoms with van der Waals surface area (Å²) in [5.74, 6) is 1.52. The van der Waals surface area contributed by atoms with Crippen LogP contribution in [0, 0.1) is 0 Å². The minimum absolute atomic E-state index is 0. The smallest absolute Gasteiger partial charge is 0.122 e. The van der Waals surface area contributed by atoms with Crippen LogP contribution in [0.2, 0.25) is 0 Å². The Hall–Kier alpha value is -2.10. The van der Waals surface area contributed by atoms with E-state index in [1.165, 1.54) is 0 Å². The standard InChI is InChI=1S/C12H12N2O2.CH4/c1-15-9-3-5-13-11(7-9)12-8-10(16-2)4-6-14-12;/h3-8H,1-2H3;1H4. The first-order valence-corrected chi connectivity index (χ1v) is 4.84. The maximum atomic E-state index is 5.13. The molecular weight excluding hydrogens is 216 g/mol. The highest BCUT2D eigenvalue weighted by atomic mass is 16.5. The van der Waals surface area contributed by atoms with E-state index in [9.17, 15) is 0 Å². The number of aromatic nitrogens is 2. The molecule has 2 rings (SSSR count). The van der Waals surface area contributed by atoms with Crippen LogP contribution in [0.3, 0.4) is 0 Å². The Morgan fingerprint density at radius 1 is 0.824 bits per heavy atom. The molecule has 0 unspecified atom stereocenters. The Morgan fingerprint density at radius 3 is 1.59 bits per heavy atom. The third-order valence-electron chi connectivity index (χ3n) is 2.20. The molecule has 0 spiro atoms. The summed E-state index contributed by atoms with van der Waals surface area (Å²) in [5.41, 5.74) is 1.52. The van der Waals surface area contributed by atoms with Gasteiger partial charge in [-0.3, -0.25) is 9.97 Å². The van der Waals surface area contributed by atoms with Crippen LogP contribution in [0.5, 0.6) is 11.5 Å². The van der Waals surface area contributed by atoms with Crippen molar-refractivity contribution < 1.29 is 9.47 Å². The molecule has 4 heteroatoms. The van der Waals surface area contributed by atoms with Crippen LogP contribution >= 0.6 is 0 Å². The maximum Gasteiger partial charge on any atom is 0.122 e. The van der Waals surface area contributed by atoms with Crippen molar-refractivity contribution in [3.05, 3.63) is 36.7 Å². The molecule has 0 radical (unpaired) electrons. The van der Waals surface area contributed by atoms with Crippen molar-refractivity contribution in [1.82, 2.24) is 9.97 Å². The van der Waals surface area contributed by atoms with E-state index in [0.29, 0.717) is 0 Å². The van der Waals surface area contributed by atoms with E-state index in [2.05, 4.69) is 9.97 Å². The Morgan fingerprint density at radius 2 is 1.24 bits per heavy atom. The molecule has 0 aromatic carbocycles. The lowest BCUT2D eigenvalue weighted by Crippen LogP contribution is -1.90. The normalized spacial score (nSPS) is 9.29. The summed E-state index contributed by atoms with van der Waals surface area (Å²) < 4.78 is 10.3. The molecule has 4 nitrogen and oxygen atoms in total. The molecule has 0 aliphatic heterocycles. The van der Waals surface area contributed by atoms with Crippen LogP contribution in [-0.4, -0.2) is 24.2 Å². The molecule has 2 heterocycles. The van der Waals surface area contributed by atoms with Crippen LogP contribution < -0.4 is 9.47 Å². The van der Waals surface area contributed by atoms with Crippen LogP contribution in [0.1, 0.15) is 7.43 Å². The summed E-state index contributed by atoms with van der Waals surface area (Å²) in [7, 11) is 3.25. The van der Waals surface area contributed by atoms with Gasteiger partial charge in [-0.2, -0.15) is 0 Å². The number of hydrogen-bond acceptors (Lipinski definition) is 4. The second-order valence-corrected chi connectivity index (χ2v) is 3.16. The molecule has 17 heavy (non-hydrogen) atoms. The minimum Gasteiger partial charge on any atom is -0.497 e. The van der Waals surface area contributed by atoms with Crippen molar-refractivity contribution in [3.8, 4) is 22.9 Å². The number of methoxy groups -OCH3 is 2. The number of nitrogens with zero attached hydrogens (tertiary/aromatic N) is 2. The monoisotopic (exact) mass is 232 g/mol. The van der Waals surface area contributed by atoms with E-state index in [-0.39, 0.29) is 7.43 Å². The molecule has 2 aromatic rings. The fourth-order valence-corrected chi connectivity index (χ4v) is 1.36. The highest BCUT2D eigenvalue weighted by Gasteiger charge is 2.03. The third-order valence-corrected chi connectivity index (χ3v) is 2.20. The van der Waals surface area contributed by atoms with Gasteiger partial charge in [-0.25, -0.2) is 0 Å². The van der Waals surface area contributed by atoms with Crippen molar-refractivity contribution in [2.75, 3.05) is 14.2 Å². The van der Waals surface area contributed by atoms with Gasteiger partial charge in [0.1, 0.15) is 11.5 Å². The fourth-order valence-electron chi connectivity index (χ4n) is 1.36. The molecule has 0 saturated carbocycles. The second kappa shape index (κ2) is 5.84. The highest BCUT2D eigenvalue weighted by Crippen LogP contribution is 2.22. The first kappa shape index (κ1) is 13.0. The van der Waals surface area contributed by atoms with Gasteiger partial charge < -0.3 is 9.47 Å². The maximum absolute atomic E-state index is 5.13. The summed E-state index contributed by atoms with van der Waals surface area (Å²) >= 11 is 0. The molecule has 0 amide bonds. The lowest BCUT2D eigenvalue weighted by molar-refractivity contribution is 0.413. The first-order valence-electron chi connectivity index (χ1n) is 4.84. The lowest BCUT2D eigenvalue weighted by atomic mass is 10.2. The summed E-state index contributed by atoms with van der Waals surface area (Å²) in [6.07, 6.45) is 3.38. The number of pyridine rings is 2. The van der Waals surface area contributed by atoms with Gasteiger partial charge in [0.25, 0.3) is 0 Å². The van der Waals surface area contributed by atoms with E-state index >= 15 is 0 Å². The van der Waals surface area contributed by atoms with Gasteiger partial charge in [0, 0.05) is 24.5 Å². The molecular formula is C13H16N2O2. The molecule has 0 saturated heterocycles. The Balaban J connectivity index is 0.00000144. The minimum atomic E-state index is 0. The van der Waals surface area contributed by atoms with Crippen LogP contribution in [-0.2, 0) is 0 Å². The third kappa shape index (κ3) is 2.93. The van der Waals surface area contributed by atoms with Crippen LogP contribution in [0.15, 0.2) is 36.7 Å². The Bertz CT molecular complexity index is 441. The van der Waals surface area contributed by atoms with Crippen LogP contribution in [0.25, 0.3) is 11.4 Å². The molecule has 0 fully saturated rings. The van der Waals surface area contributed by atoms with Crippen molar-refractivity contribution in [2.45, 2.75) is 7.43 Å². The zero-order chi connectivity index (χ0) is 11.4. The second-order valence-electron chi connectivity index (χ2n) is 3.16. The van der Waals surface area contributed by atoms with Gasteiger partial charge in [-0.1, -0.05) is 7.43 Å². The van der Waals surface area contributed by atoms with Gasteiger partial charge in [-0.15, -0.1) is 0 Å². The zero-order valence-corrected chi connectivity index (χ0v) is 9.18. The summed E-state index contributed by atoms with van der Waals surface area (Å²) in [6.45, 7) is 0. The van der Waals surface area contributed by atoms with Crippen LogP contribution in [0.4, 0.5) is 0 Å². The number of ether oxygens (including phenoxy) is 2. The molecule has 2 aromatic heterocycles. The van der Waals surface area contributed by atoms with Crippen molar-refractivity contribution >= 4 is 0 Å². The first-order chi connectivity index (χ1) is 7.83. The Labute approximate surface area is 101 Å². The SMILES string of the molecule is C.COc1ccnc(-c2cc(OC)ccn2)c1. The molecule has 0 aliphatic rings. The van der Waals surface area contributed by atoms with E-state index < -0.39 is 0 Å². The average molecular weight is 232 g/mol. The van der Waals surface area contributed by atoms with Crippen molar-refractivity contribution in [2.24, 2.45) is 0 Å². The highest BCUT2D eigenvalue weighted by molar-refractivity contribution is 5.57. The zero-order valence-electron chi connectivity index (χ0n) is 9.18. The Kier molecular flexibility index (Phi) is 4.46. The van der Waals surface area contributed by atoms with E-state index in [1.807, 2.05) is 12.1 Å². The molecule has 90 valence electrons. The number of rotatable bonds is 3. The molecule has 0 N–H and O–H groups in total. The predicted molar refractivity (Wildman–Crippen MR) is 67.3 cm³/mol. The summed E-state index contributed by atoms with van der Waals surface area (Å²) in [4.78, 5) is 8.47. The van der Waals surface area contributed by atoms with Gasteiger partial charge in [-0.05, 0) is 12.1 Å².